The average Bonchev–Trinajstić information content (AvgIpc) is 2.29. The minimum atomic E-state index is 0.811. The summed E-state index contributed by atoms with van der Waals surface area (Å²) >= 11 is 0. The van der Waals surface area contributed by atoms with E-state index in [1.165, 1.54) is 11.3 Å². The van der Waals surface area contributed by atoms with Crippen molar-refractivity contribution in [3.8, 4) is 0 Å². The maximum Gasteiger partial charge on any atom is 0.0482 e. The fourth-order valence-electron chi connectivity index (χ4n) is 1.54. The highest BCUT2D eigenvalue weighted by Gasteiger charge is 1.97. The van der Waals surface area contributed by atoms with Crippen molar-refractivity contribution >= 4 is 5.69 Å². The summed E-state index contributed by atoms with van der Waals surface area (Å²) in [7, 11) is 0. The van der Waals surface area contributed by atoms with Crippen LogP contribution in [0.15, 0.2) is 24.3 Å². The van der Waals surface area contributed by atoms with E-state index >= 15 is 0 Å². The first kappa shape index (κ1) is 12.1. The van der Waals surface area contributed by atoms with E-state index in [4.69, 9.17) is 4.74 Å². The van der Waals surface area contributed by atoms with Crippen LogP contribution < -0.4 is 5.32 Å². The smallest absolute Gasteiger partial charge is 0.0482 e. The van der Waals surface area contributed by atoms with Crippen molar-refractivity contribution in [1.29, 1.82) is 0 Å². The Labute approximate surface area is 92.6 Å². The van der Waals surface area contributed by atoms with Gasteiger partial charge in [0.2, 0.25) is 0 Å². The first-order valence-corrected chi connectivity index (χ1v) is 5.78. The number of hydrogen-bond donors (Lipinski definition) is 1. The predicted molar refractivity (Wildman–Crippen MR) is 65.4 cm³/mol. The highest BCUT2D eigenvalue weighted by Crippen LogP contribution is 2.14. The molecule has 84 valence electrons. The Bertz CT molecular complexity index is 273. The molecule has 0 aliphatic heterocycles. The van der Waals surface area contributed by atoms with Gasteiger partial charge in [0.25, 0.3) is 0 Å². The molecule has 0 amide bonds. The lowest BCUT2D eigenvalue weighted by Crippen LogP contribution is -2.07. The van der Waals surface area contributed by atoms with Gasteiger partial charge < -0.3 is 10.1 Å². The van der Waals surface area contributed by atoms with Gasteiger partial charge in [-0.25, -0.2) is 0 Å². The summed E-state index contributed by atoms with van der Waals surface area (Å²) in [6.07, 6.45) is 2.14. The van der Waals surface area contributed by atoms with Crippen LogP contribution in [0.5, 0.6) is 0 Å². The van der Waals surface area contributed by atoms with E-state index in [1.807, 2.05) is 6.92 Å². The molecule has 0 saturated heterocycles. The largest absolute Gasteiger partial charge is 0.385 e. The third-order valence-electron chi connectivity index (χ3n) is 2.38. The topological polar surface area (TPSA) is 21.3 Å². The van der Waals surface area contributed by atoms with Gasteiger partial charge in [-0.15, -0.1) is 0 Å². The molecule has 0 fully saturated rings. The number of rotatable bonds is 7. The Kier molecular flexibility index (Phi) is 5.86. The van der Waals surface area contributed by atoms with Gasteiger partial charge in [0.15, 0.2) is 0 Å². The van der Waals surface area contributed by atoms with Crippen LogP contribution in [0.25, 0.3) is 0 Å². The fraction of sp³-hybridized carbons (Fsp3) is 0.538. The minimum absolute atomic E-state index is 0.811. The van der Waals surface area contributed by atoms with Crippen molar-refractivity contribution in [2.24, 2.45) is 0 Å². The van der Waals surface area contributed by atoms with Gasteiger partial charge in [0.05, 0.1) is 0 Å². The molecule has 1 aromatic carbocycles. The number of anilines is 1. The van der Waals surface area contributed by atoms with Crippen molar-refractivity contribution in [2.75, 3.05) is 25.1 Å². The van der Waals surface area contributed by atoms with Crippen molar-refractivity contribution in [3.05, 3.63) is 29.8 Å². The number of aryl methyl sites for hydroxylation is 1. The molecule has 0 spiro atoms. The second-order valence-electron chi connectivity index (χ2n) is 3.49. The molecule has 0 atom stereocenters. The minimum Gasteiger partial charge on any atom is -0.385 e. The highest BCUT2D eigenvalue weighted by atomic mass is 16.5. The van der Waals surface area contributed by atoms with E-state index in [2.05, 4.69) is 36.5 Å². The number of hydrogen-bond acceptors (Lipinski definition) is 2. The van der Waals surface area contributed by atoms with Crippen molar-refractivity contribution in [3.63, 3.8) is 0 Å². The molecule has 0 unspecified atom stereocenters. The van der Waals surface area contributed by atoms with Crippen LogP contribution in [-0.4, -0.2) is 19.8 Å². The molecule has 0 heterocycles. The molecule has 0 aliphatic carbocycles. The maximum atomic E-state index is 5.29. The zero-order chi connectivity index (χ0) is 10.9. The van der Waals surface area contributed by atoms with Crippen molar-refractivity contribution in [2.45, 2.75) is 26.7 Å². The predicted octanol–water partition coefficient (Wildman–Crippen LogP) is 3.09. The molecule has 1 rings (SSSR count). The van der Waals surface area contributed by atoms with Crippen LogP contribution in [0.1, 0.15) is 25.8 Å². The van der Waals surface area contributed by atoms with Crippen LogP contribution in [-0.2, 0) is 11.2 Å². The lowest BCUT2D eigenvalue weighted by atomic mass is 10.1. The summed E-state index contributed by atoms with van der Waals surface area (Å²) < 4.78 is 5.29. The van der Waals surface area contributed by atoms with Crippen LogP contribution in [0, 0.1) is 0 Å². The van der Waals surface area contributed by atoms with Gasteiger partial charge in [-0.1, -0.05) is 25.1 Å². The molecule has 1 aromatic rings. The molecular formula is C13H21NO. The second-order valence-corrected chi connectivity index (χ2v) is 3.49. The summed E-state index contributed by atoms with van der Waals surface area (Å²) in [6, 6.07) is 8.47. The number of para-hydroxylation sites is 1. The lowest BCUT2D eigenvalue weighted by molar-refractivity contribution is 0.147. The van der Waals surface area contributed by atoms with Crippen molar-refractivity contribution in [1.82, 2.24) is 0 Å². The van der Waals surface area contributed by atoms with E-state index in [-0.39, 0.29) is 0 Å². The van der Waals surface area contributed by atoms with E-state index in [9.17, 15) is 0 Å². The molecule has 1 N–H and O–H groups in total. The standard InChI is InChI=1S/C13H21NO/c1-3-12-8-5-6-9-13(12)14-10-7-11-15-4-2/h5-6,8-9,14H,3-4,7,10-11H2,1-2H3. The molecule has 0 saturated carbocycles. The summed E-state index contributed by atoms with van der Waals surface area (Å²) in [6.45, 7) is 6.85. The third kappa shape index (κ3) is 4.34. The van der Waals surface area contributed by atoms with Crippen LogP contribution in [0.2, 0.25) is 0 Å². The zero-order valence-corrected chi connectivity index (χ0v) is 9.75. The Hall–Kier alpha value is -1.02. The third-order valence-corrected chi connectivity index (χ3v) is 2.38. The number of nitrogens with one attached hydrogen (secondary N) is 1. The van der Waals surface area contributed by atoms with Crippen LogP contribution >= 0.6 is 0 Å². The van der Waals surface area contributed by atoms with Gasteiger partial charge in [-0.2, -0.15) is 0 Å². The van der Waals surface area contributed by atoms with E-state index in [0.29, 0.717) is 0 Å². The highest BCUT2D eigenvalue weighted by molar-refractivity contribution is 5.50. The summed E-state index contributed by atoms with van der Waals surface area (Å²) in [5.41, 5.74) is 2.64. The molecule has 0 aromatic heterocycles. The van der Waals surface area contributed by atoms with Gasteiger partial charge in [0.1, 0.15) is 0 Å². The lowest BCUT2D eigenvalue weighted by Gasteiger charge is -2.10. The normalized spacial score (nSPS) is 10.3. The molecule has 15 heavy (non-hydrogen) atoms. The van der Waals surface area contributed by atoms with Gasteiger partial charge in [0, 0.05) is 25.4 Å². The van der Waals surface area contributed by atoms with Crippen LogP contribution in [0.3, 0.4) is 0 Å². The SMILES string of the molecule is CCOCCCNc1ccccc1CC. The Morgan fingerprint density at radius 3 is 2.73 bits per heavy atom. The van der Waals surface area contributed by atoms with E-state index in [1.54, 1.807) is 0 Å². The summed E-state index contributed by atoms with van der Waals surface area (Å²) in [4.78, 5) is 0. The zero-order valence-electron chi connectivity index (χ0n) is 9.75. The first-order valence-electron chi connectivity index (χ1n) is 5.78. The molecule has 2 heteroatoms. The van der Waals surface area contributed by atoms with E-state index < -0.39 is 0 Å². The summed E-state index contributed by atoms with van der Waals surface area (Å²) in [5.74, 6) is 0. The molecule has 0 aliphatic rings. The van der Waals surface area contributed by atoms with Crippen LogP contribution in [0.4, 0.5) is 5.69 Å². The molecule has 2 nitrogen and oxygen atoms in total. The van der Waals surface area contributed by atoms with Gasteiger partial charge >= 0.3 is 0 Å². The molecule has 0 bridgehead atoms. The average molecular weight is 207 g/mol. The molecule has 0 radical (unpaired) electrons. The van der Waals surface area contributed by atoms with Gasteiger partial charge in [-0.3, -0.25) is 0 Å². The quantitative estimate of drug-likeness (QED) is 0.694. The molecular weight excluding hydrogens is 186 g/mol. The summed E-state index contributed by atoms with van der Waals surface area (Å²) in [5, 5.41) is 3.44. The number of benzene rings is 1. The van der Waals surface area contributed by atoms with E-state index in [0.717, 1.165) is 32.6 Å². The second kappa shape index (κ2) is 7.30. The number of ether oxygens (including phenoxy) is 1. The Balaban J connectivity index is 2.30. The Morgan fingerprint density at radius 2 is 2.00 bits per heavy atom. The Morgan fingerprint density at radius 1 is 1.20 bits per heavy atom. The first-order chi connectivity index (χ1) is 7.38. The maximum absolute atomic E-state index is 5.29. The monoisotopic (exact) mass is 207 g/mol. The van der Waals surface area contributed by atoms with Gasteiger partial charge in [-0.05, 0) is 31.4 Å². The fourth-order valence-corrected chi connectivity index (χ4v) is 1.54. The van der Waals surface area contributed by atoms with Crippen molar-refractivity contribution < 1.29 is 4.74 Å².